The molecule has 0 aromatic heterocycles. The molecular formula is C17H28N2O2. The Morgan fingerprint density at radius 3 is 1.95 bits per heavy atom. The summed E-state index contributed by atoms with van der Waals surface area (Å²) in [6.07, 6.45) is 8.12. The highest BCUT2D eigenvalue weighted by Crippen LogP contribution is 2.55. The molecule has 2 atom stereocenters. The third-order valence-corrected chi connectivity index (χ3v) is 6.94. The van der Waals surface area contributed by atoms with Crippen LogP contribution in [0.15, 0.2) is 0 Å². The van der Waals surface area contributed by atoms with Gasteiger partial charge in [0.25, 0.3) is 0 Å². The van der Waals surface area contributed by atoms with Crippen LogP contribution in [0.1, 0.15) is 58.8 Å². The number of hydrogen-bond donors (Lipinski definition) is 3. The Morgan fingerprint density at radius 1 is 1.00 bits per heavy atom. The van der Waals surface area contributed by atoms with Crippen molar-refractivity contribution >= 4 is 6.03 Å². The largest absolute Gasteiger partial charge is 0.392 e. The van der Waals surface area contributed by atoms with E-state index in [4.69, 9.17) is 0 Å². The zero-order valence-electron chi connectivity index (χ0n) is 13.2. The molecule has 5 saturated carbocycles. The number of aliphatic hydroxyl groups excluding tert-OH is 1. The lowest BCUT2D eigenvalue weighted by molar-refractivity contribution is -0.0690. The first-order chi connectivity index (χ1) is 9.86. The molecule has 118 valence electrons. The van der Waals surface area contributed by atoms with Gasteiger partial charge in [-0.05, 0) is 62.7 Å². The molecule has 3 N–H and O–H groups in total. The van der Waals surface area contributed by atoms with Crippen molar-refractivity contribution < 1.29 is 9.90 Å². The Hall–Kier alpha value is -0.770. The first-order valence-electron chi connectivity index (χ1n) is 8.63. The van der Waals surface area contributed by atoms with Crippen LogP contribution in [-0.4, -0.2) is 28.8 Å². The fraction of sp³-hybridized carbons (Fsp3) is 0.941. The molecule has 21 heavy (non-hydrogen) atoms. The van der Waals surface area contributed by atoms with E-state index in [0.29, 0.717) is 6.42 Å². The van der Waals surface area contributed by atoms with Gasteiger partial charge in [0.2, 0.25) is 0 Å². The molecule has 0 aromatic carbocycles. The van der Waals surface area contributed by atoms with Gasteiger partial charge in [-0.15, -0.1) is 0 Å². The summed E-state index contributed by atoms with van der Waals surface area (Å²) < 4.78 is 0. The van der Waals surface area contributed by atoms with Crippen molar-refractivity contribution in [2.45, 2.75) is 76.5 Å². The fourth-order valence-electron chi connectivity index (χ4n) is 5.85. The fourth-order valence-corrected chi connectivity index (χ4v) is 5.85. The van der Waals surface area contributed by atoms with Crippen molar-refractivity contribution in [1.29, 1.82) is 0 Å². The topological polar surface area (TPSA) is 61.4 Å². The van der Waals surface area contributed by atoms with E-state index in [-0.39, 0.29) is 29.1 Å². The summed E-state index contributed by atoms with van der Waals surface area (Å²) in [5, 5.41) is 16.2. The number of carbonyl (C=O) groups is 1. The van der Waals surface area contributed by atoms with E-state index in [1.165, 1.54) is 38.5 Å². The van der Waals surface area contributed by atoms with Crippen LogP contribution in [0.25, 0.3) is 0 Å². The van der Waals surface area contributed by atoms with Crippen molar-refractivity contribution in [1.82, 2.24) is 10.6 Å². The van der Waals surface area contributed by atoms with E-state index >= 15 is 0 Å². The van der Waals surface area contributed by atoms with Gasteiger partial charge in [-0.3, -0.25) is 0 Å². The molecule has 5 aliphatic rings. The summed E-state index contributed by atoms with van der Waals surface area (Å²) in [4.78, 5) is 12.4. The quantitative estimate of drug-likeness (QED) is 0.732. The first kappa shape index (κ1) is 13.9. The zero-order valence-corrected chi connectivity index (χ0v) is 13.2. The summed E-state index contributed by atoms with van der Waals surface area (Å²) in [7, 11) is 0. The standard InChI is InChI=1S/C17H28N2O2/c1-16(2)13(6-14(16)20)18-15(21)19-17-7-10-3-11(8-17)5-12(4-10)9-17/h10-14,20H,3-9H2,1-2H3,(H2,18,19,21). The second-order valence-corrected chi connectivity index (χ2v) is 8.92. The molecule has 0 aliphatic heterocycles. The van der Waals surface area contributed by atoms with E-state index in [9.17, 15) is 9.90 Å². The third-order valence-electron chi connectivity index (χ3n) is 6.94. The van der Waals surface area contributed by atoms with Crippen LogP contribution in [0.4, 0.5) is 4.79 Å². The van der Waals surface area contributed by atoms with Crippen molar-refractivity contribution in [2.75, 3.05) is 0 Å². The predicted octanol–water partition coefficient (Wildman–Crippen LogP) is 2.41. The smallest absolute Gasteiger partial charge is 0.315 e. The van der Waals surface area contributed by atoms with E-state index in [0.717, 1.165) is 17.8 Å². The van der Waals surface area contributed by atoms with Gasteiger partial charge in [-0.1, -0.05) is 13.8 Å². The maximum atomic E-state index is 12.4. The predicted molar refractivity (Wildman–Crippen MR) is 80.8 cm³/mol. The minimum Gasteiger partial charge on any atom is -0.392 e. The number of aliphatic hydroxyl groups is 1. The molecule has 2 unspecified atom stereocenters. The Labute approximate surface area is 127 Å². The van der Waals surface area contributed by atoms with Gasteiger partial charge in [0.05, 0.1) is 6.10 Å². The number of nitrogens with one attached hydrogen (secondary N) is 2. The molecule has 5 fully saturated rings. The molecule has 0 radical (unpaired) electrons. The lowest BCUT2D eigenvalue weighted by Gasteiger charge is -2.57. The molecule has 5 rings (SSSR count). The van der Waals surface area contributed by atoms with Gasteiger partial charge in [0.1, 0.15) is 0 Å². The second-order valence-electron chi connectivity index (χ2n) is 8.92. The van der Waals surface area contributed by atoms with Crippen molar-refractivity contribution in [3.8, 4) is 0 Å². The van der Waals surface area contributed by atoms with Crippen LogP contribution in [-0.2, 0) is 0 Å². The first-order valence-corrected chi connectivity index (χ1v) is 8.63. The van der Waals surface area contributed by atoms with E-state index in [1.54, 1.807) is 0 Å². The molecule has 0 aromatic rings. The van der Waals surface area contributed by atoms with E-state index < -0.39 is 0 Å². The molecule has 4 heteroatoms. The second kappa shape index (κ2) is 4.37. The Morgan fingerprint density at radius 2 is 1.52 bits per heavy atom. The highest BCUT2D eigenvalue weighted by atomic mass is 16.3. The van der Waals surface area contributed by atoms with Crippen molar-refractivity contribution in [3.63, 3.8) is 0 Å². The van der Waals surface area contributed by atoms with Crippen LogP contribution >= 0.6 is 0 Å². The third kappa shape index (κ3) is 2.18. The summed E-state index contributed by atoms with van der Waals surface area (Å²) in [6, 6.07) is 0.0864. The number of carbonyl (C=O) groups excluding carboxylic acids is 1. The number of amides is 2. The Bertz CT molecular complexity index is 424. The molecule has 0 heterocycles. The van der Waals surface area contributed by atoms with Crippen molar-refractivity contribution in [3.05, 3.63) is 0 Å². The van der Waals surface area contributed by atoms with Crippen LogP contribution in [0.3, 0.4) is 0 Å². The molecule has 0 saturated heterocycles. The summed E-state index contributed by atoms with van der Waals surface area (Å²) in [5.41, 5.74) is -0.121. The number of urea groups is 1. The van der Waals surface area contributed by atoms with Crippen LogP contribution in [0.5, 0.6) is 0 Å². The lowest BCUT2D eigenvalue weighted by Crippen LogP contribution is -2.66. The minimum absolute atomic E-state index is 0.0121. The Balaban J connectivity index is 1.39. The van der Waals surface area contributed by atoms with Gasteiger partial charge >= 0.3 is 6.03 Å². The lowest BCUT2D eigenvalue weighted by atomic mass is 9.53. The average Bonchev–Trinajstić information content (AvgIpc) is 2.36. The van der Waals surface area contributed by atoms with Gasteiger partial charge in [0, 0.05) is 17.0 Å². The van der Waals surface area contributed by atoms with E-state index in [2.05, 4.69) is 10.6 Å². The monoisotopic (exact) mass is 292 g/mol. The summed E-state index contributed by atoms with van der Waals surface area (Å²) >= 11 is 0. The normalized spacial score (nSPS) is 49.6. The average molecular weight is 292 g/mol. The highest BCUT2D eigenvalue weighted by Gasteiger charge is 2.52. The zero-order chi connectivity index (χ0) is 14.8. The number of hydrogen-bond acceptors (Lipinski definition) is 2. The van der Waals surface area contributed by atoms with Crippen LogP contribution in [0, 0.1) is 23.2 Å². The number of rotatable bonds is 2. The van der Waals surface area contributed by atoms with Gasteiger partial charge in [-0.25, -0.2) is 4.79 Å². The highest BCUT2D eigenvalue weighted by molar-refractivity contribution is 5.75. The molecule has 4 bridgehead atoms. The molecule has 2 amide bonds. The van der Waals surface area contributed by atoms with Crippen LogP contribution < -0.4 is 10.6 Å². The molecule has 0 spiro atoms. The molecule has 4 nitrogen and oxygen atoms in total. The maximum absolute atomic E-state index is 12.4. The van der Waals surface area contributed by atoms with Gasteiger partial charge in [-0.2, -0.15) is 0 Å². The SMILES string of the molecule is CC1(C)C(O)CC1NC(=O)NC12CC3CC(CC(C3)C1)C2. The van der Waals surface area contributed by atoms with Crippen molar-refractivity contribution in [2.24, 2.45) is 23.2 Å². The molecular weight excluding hydrogens is 264 g/mol. The molecule has 5 aliphatic carbocycles. The summed E-state index contributed by atoms with van der Waals surface area (Å²) in [5.74, 6) is 2.54. The minimum atomic E-state index is -0.289. The summed E-state index contributed by atoms with van der Waals surface area (Å²) in [6.45, 7) is 4.05. The van der Waals surface area contributed by atoms with Crippen LogP contribution in [0.2, 0.25) is 0 Å². The Kier molecular flexibility index (Phi) is 2.89. The van der Waals surface area contributed by atoms with Gasteiger partial charge < -0.3 is 15.7 Å². The van der Waals surface area contributed by atoms with Gasteiger partial charge in [0.15, 0.2) is 0 Å². The maximum Gasteiger partial charge on any atom is 0.315 e. The van der Waals surface area contributed by atoms with E-state index in [1.807, 2.05) is 13.8 Å².